The van der Waals surface area contributed by atoms with Gasteiger partial charge in [0.2, 0.25) is 5.91 Å². The molecule has 0 bridgehead atoms. The number of carbonyl (C=O) groups is 2. The van der Waals surface area contributed by atoms with Crippen LogP contribution in [0.4, 0.5) is 11.4 Å². The topological polar surface area (TPSA) is 97.1 Å². The summed E-state index contributed by atoms with van der Waals surface area (Å²) in [7, 11) is 0. The lowest BCUT2D eigenvalue weighted by Crippen LogP contribution is -2.37. The number of para-hydroxylation sites is 1. The van der Waals surface area contributed by atoms with E-state index in [1.807, 2.05) is 36.4 Å². The van der Waals surface area contributed by atoms with Gasteiger partial charge in [0.05, 0.1) is 10.2 Å². The van der Waals surface area contributed by atoms with Gasteiger partial charge in [0.1, 0.15) is 6.04 Å². The van der Waals surface area contributed by atoms with E-state index in [1.165, 1.54) is 16.9 Å². The molecule has 2 amide bonds. The van der Waals surface area contributed by atoms with E-state index in [4.69, 9.17) is 5.73 Å². The van der Waals surface area contributed by atoms with E-state index in [-0.39, 0.29) is 10.4 Å². The maximum Gasteiger partial charge on any atom is 0.281 e. The monoisotopic (exact) mass is 534 g/mol. The summed E-state index contributed by atoms with van der Waals surface area (Å²) in [4.78, 5) is 29.5. The minimum absolute atomic E-state index is 0.0957. The third-order valence-corrected chi connectivity index (χ3v) is 7.56. The average molecular weight is 535 g/mol. The lowest BCUT2D eigenvalue weighted by molar-refractivity contribution is -0.120. The van der Waals surface area contributed by atoms with Crippen molar-refractivity contribution >= 4 is 44.7 Å². The number of fused-ring (bicyclic) bond motifs is 1. The number of aromatic nitrogens is 1. The van der Waals surface area contributed by atoms with Gasteiger partial charge < -0.3 is 16.4 Å². The van der Waals surface area contributed by atoms with Crippen molar-refractivity contribution in [3.63, 3.8) is 0 Å². The summed E-state index contributed by atoms with van der Waals surface area (Å²) < 4.78 is 0.854. The summed E-state index contributed by atoms with van der Waals surface area (Å²) in [6.07, 6.45) is 0. The first-order valence-electron chi connectivity index (χ1n) is 12.7. The number of benzene rings is 4. The van der Waals surface area contributed by atoms with Gasteiger partial charge in [-0.1, -0.05) is 93.6 Å². The Morgan fingerprint density at radius 2 is 1.56 bits per heavy atom. The normalized spacial score (nSPS) is 12.2. The number of primary amides is 1. The smallest absolute Gasteiger partial charge is 0.281 e. The molecule has 1 unspecified atom stereocenters. The van der Waals surface area contributed by atoms with Crippen molar-refractivity contribution in [3.8, 4) is 11.1 Å². The highest BCUT2D eigenvalue weighted by Crippen LogP contribution is 2.34. The molecule has 39 heavy (non-hydrogen) atoms. The number of hydrogen-bond donors (Lipinski definition) is 3. The number of nitrogens with zero attached hydrogens (tertiary/aromatic N) is 1. The molecule has 0 aliphatic carbocycles. The van der Waals surface area contributed by atoms with Gasteiger partial charge >= 0.3 is 0 Å². The largest absolute Gasteiger partial charge is 0.368 e. The Labute approximate surface area is 231 Å². The first kappa shape index (κ1) is 26.1. The van der Waals surface area contributed by atoms with E-state index < -0.39 is 17.9 Å². The second kappa shape index (κ2) is 10.7. The predicted octanol–water partition coefficient (Wildman–Crippen LogP) is 6.96. The summed E-state index contributed by atoms with van der Waals surface area (Å²) in [6.45, 7) is 6.63. The van der Waals surface area contributed by atoms with Gasteiger partial charge in [0, 0.05) is 16.9 Å². The fraction of sp³-hybridized carbons (Fsp3) is 0.156. The molecule has 6 nitrogen and oxygen atoms in total. The van der Waals surface area contributed by atoms with E-state index >= 15 is 0 Å². The van der Waals surface area contributed by atoms with E-state index in [0.717, 1.165) is 27.2 Å². The van der Waals surface area contributed by atoms with E-state index in [1.54, 1.807) is 24.3 Å². The standard InChI is InChI=1S/C32H30N4O2S/c1-32(2,3)22-15-13-20(14-16-22)24-11-7-8-12-25(24)34-23-17-18-26-27(19-23)39-31(35-26)30(38)36-28(29(33)37)21-9-5-4-6-10-21/h4-19,28,34H,1-3H3,(H2,33,37)(H,36,38). The Kier molecular flexibility index (Phi) is 7.17. The molecule has 1 aromatic heterocycles. The molecule has 1 atom stereocenters. The molecule has 1 heterocycles. The second-order valence-corrected chi connectivity index (χ2v) is 11.4. The highest BCUT2D eigenvalue weighted by molar-refractivity contribution is 7.20. The number of amides is 2. The summed E-state index contributed by atoms with van der Waals surface area (Å²) in [5.74, 6) is -1.07. The molecule has 196 valence electrons. The Bertz CT molecular complexity index is 1640. The lowest BCUT2D eigenvalue weighted by atomic mass is 9.86. The fourth-order valence-corrected chi connectivity index (χ4v) is 5.31. The number of rotatable bonds is 7. The van der Waals surface area contributed by atoms with Crippen LogP contribution in [0.5, 0.6) is 0 Å². The molecule has 7 heteroatoms. The van der Waals surface area contributed by atoms with Crippen molar-refractivity contribution in [3.05, 3.63) is 113 Å². The Hall–Kier alpha value is -4.49. The maximum absolute atomic E-state index is 13.0. The van der Waals surface area contributed by atoms with Gasteiger partial charge in [0.25, 0.3) is 5.91 Å². The molecule has 0 saturated heterocycles. The van der Waals surface area contributed by atoms with Crippen molar-refractivity contribution in [1.29, 1.82) is 0 Å². The zero-order valence-electron chi connectivity index (χ0n) is 22.1. The van der Waals surface area contributed by atoms with Crippen LogP contribution in [0.2, 0.25) is 0 Å². The van der Waals surface area contributed by atoms with Crippen LogP contribution in [-0.2, 0) is 10.2 Å². The quantitative estimate of drug-likeness (QED) is 0.210. The first-order valence-corrected chi connectivity index (χ1v) is 13.5. The van der Waals surface area contributed by atoms with Crippen molar-refractivity contribution in [2.24, 2.45) is 5.73 Å². The number of anilines is 2. The Morgan fingerprint density at radius 3 is 2.26 bits per heavy atom. The molecule has 0 fully saturated rings. The molecular weight excluding hydrogens is 504 g/mol. The molecule has 4 aromatic carbocycles. The predicted molar refractivity (Wildman–Crippen MR) is 159 cm³/mol. The van der Waals surface area contributed by atoms with Crippen LogP contribution in [0.25, 0.3) is 21.3 Å². The van der Waals surface area contributed by atoms with E-state index in [9.17, 15) is 9.59 Å². The van der Waals surface area contributed by atoms with Crippen LogP contribution in [0, 0.1) is 0 Å². The van der Waals surface area contributed by atoms with Crippen LogP contribution >= 0.6 is 11.3 Å². The molecular formula is C32H30N4O2S. The van der Waals surface area contributed by atoms with Crippen molar-refractivity contribution in [1.82, 2.24) is 10.3 Å². The number of nitrogens with two attached hydrogens (primary N) is 1. The van der Waals surface area contributed by atoms with Gasteiger partial charge in [-0.3, -0.25) is 9.59 Å². The summed E-state index contributed by atoms with van der Waals surface area (Å²) >= 11 is 1.27. The van der Waals surface area contributed by atoms with E-state index in [0.29, 0.717) is 11.1 Å². The van der Waals surface area contributed by atoms with Crippen LogP contribution < -0.4 is 16.4 Å². The Morgan fingerprint density at radius 1 is 0.872 bits per heavy atom. The molecule has 5 aromatic rings. The maximum atomic E-state index is 13.0. The lowest BCUT2D eigenvalue weighted by Gasteiger charge is -2.19. The van der Waals surface area contributed by atoms with Crippen LogP contribution in [-0.4, -0.2) is 16.8 Å². The fourth-order valence-electron chi connectivity index (χ4n) is 4.41. The zero-order valence-corrected chi connectivity index (χ0v) is 22.9. The minimum atomic E-state index is -0.933. The zero-order chi connectivity index (χ0) is 27.6. The molecule has 0 saturated carbocycles. The molecule has 0 radical (unpaired) electrons. The SMILES string of the molecule is CC(C)(C)c1ccc(-c2ccccc2Nc2ccc3nc(C(=O)NC(C(N)=O)c4ccccc4)sc3c2)cc1. The first-order chi connectivity index (χ1) is 18.7. The third kappa shape index (κ3) is 5.84. The number of thiazole rings is 1. The van der Waals surface area contributed by atoms with Gasteiger partial charge in [-0.25, -0.2) is 4.98 Å². The van der Waals surface area contributed by atoms with Crippen molar-refractivity contribution < 1.29 is 9.59 Å². The van der Waals surface area contributed by atoms with Crippen LogP contribution in [0.3, 0.4) is 0 Å². The number of nitrogens with one attached hydrogen (secondary N) is 2. The highest BCUT2D eigenvalue weighted by atomic mass is 32.1. The average Bonchev–Trinajstić information content (AvgIpc) is 3.36. The van der Waals surface area contributed by atoms with Gasteiger partial charge in [0.15, 0.2) is 5.01 Å². The van der Waals surface area contributed by atoms with Crippen molar-refractivity contribution in [2.75, 3.05) is 5.32 Å². The number of hydrogen-bond acceptors (Lipinski definition) is 5. The summed E-state index contributed by atoms with van der Waals surface area (Å²) in [5, 5.41) is 6.52. The minimum Gasteiger partial charge on any atom is -0.368 e. The van der Waals surface area contributed by atoms with Crippen LogP contribution in [0.1, 0.15) is 47.7 Å². The molecule has 0 spiro atoms. The highest BCUT2D eigenvalue weighted by Gasteiger charge is 2.23. The van der Waals surface area contributed by atoms with Crippen LogP contribution in [0.15, 0.2) is 97.1 Å². The number of carbonyl (C=O) groups excluding carboxylic acids is 2. The van der Waals surface area contributed by atoms with Crippen molar-refractivity contribution in [2.45, 2.75) is 32.2 Å². The van der Waals surface area contributed by atoms with E-state index in [2.05, 4.69) is 72.8 Å². The summed E-state index contributed by atoms with van der Waals surface area (Å²) in [5.41, 5.74) is 12.4. The third-order valence-electron chi connectivity index (χ3n) is 6.54. The molecule has 4 N–H and O–H groups in total. The molecule has 0 aliphatic rings. The summed E-state index contributed by atoms with van der Waals surface area (Å²) in [6, 6.07) is 30.7. The van der Waals surface area contributed by atoms with Gasteiger partial charge in [-0.2, -0.15) is 0 Å². The Balaban J connectivity index is 1.37. The van der Waals surface area contributed by atoms with Gasteiger partial charge in [-0.15, -0.1) is 11.3 Å². The molecule has 5 rings (SSSR count). The second-order valence-electron chi connectivity index (χ2n) is 10.4. The molecule has 0 aliphatic heterocycles. The van der Waals surface area contributed by atoms with Gasteiger partial charge in [-0.05, 0) is 46.4 Å².